The van der Waals surface area contributed by atoms with Crippen LogP contribution in [0.3, 0.4) is 0 Å². The highest BCUT2D eigenvalue weighted by Gasteiger charge is 2.66. The molecule has 28 heavy (non-hydrogen) atoms. The first-order valence-corrected chi connectivity index (χ1v) is 11.4. The normalized spacial score (nSPS) is 52.2. The molecule has 5 rings (SSSR count). The molecule has 1 saturated heterocycles. The van der Waals surface area contributed by atoms with Crippen LogP contribution < -0.4 is 0 Å². The zero-order valence-corrected chi connectivity index (χ0v) is 17.6. The van der Waals surface area contributed by atoms with Crippen LogP contribution in [0.15, 0.2) is 11.6 Å². The third-order valence-electron chi connectivity index (χ3n) is 9.73. The third kappa shape index (κ3) is 2.45. The second-order valence-electron chi connectivity index (χ2n) is 10.9. The van der Waals surface area contributed by atoms with Crippen LogP contribution in [0.1, 0.15) is 65.7 Å². The summed E-state index contributed by atoms with van der Waals surface area (Å²) in [7, 11) is 0. The highest BCUT2D eigenvalue weighted by molar-refractivity contribution is 5.26. The maximum atomic E-state index is 10.2. The SMILES string of the molecule is CC1(C2[C@H](C#N)CC3C4CC=C5CC(O)CCC5(C)C4CCC32C)OCCO1. The Morgan fingerprint density at radius 2 is 1.86 bits per heavy atom. The topological polar surface area (TPSA) is 62.5 Å². The summed E-state index contributed by atoms with van der Waals surface area (Å²) in [6, 6.07) is 2.66. The molecule has 8 atom stereocenters. The van der Waals surface area contributed by atoms with Crippen LogP contribution in [-0.2, 0) is 9.47 Å². The van der Waals surface area contributed by atoms with Gasteiger partial charge in [-0.2, -0.15) is 5.26 Å². The first kappa shape index (κ1) is 19.1. The molecule has 0 aromatic carbocycles. The molecule has 0 radical (unpaired) electrons. The van der Waals surface area contributed by atoms with Gasteiger partial charge in [-0.1, -0.05) is 25.5 Å². The maximum Gasteiger partial charge on any atom is 0.170 e. The highest BCUT2D eigenvalue weighted by atomic mass is 16.7. The summed E-state index contributed by atoms with van der Waals surface area (Å²) in [6.07, 6.45) is 9.72. The van der Waals surface area contributed by atoms with Crippen molar-refractivity contribution in [3.05, 3.63) is 11.6 Å². The van der Waals surface area contributed by atoms with E-state index in [1.165, 1.54) is 12.0 Å². The van der Waals surface area contributed by atoms with Gasteiger partial charge in [-0.25, -0.2) is 0 Å². The number of allylic oxidation sites excluding steroid dienone is 1. The number of hydrogen-bond donors (Lipinski definition) is 1. The zero-order valence-electron chi connectivity index (χ0n) is 17.6. The maximum absolute atomic E-state index is 10.2. The number of hydrogen-bond acceptors (Lipinski definition) is 4. The minimum absolute atomic E-state index is 0.0169. The number of nitrogens with zero attached hydrogens (tertiary/aromatic N) is 1. The molecule has 5 aliphatic rings. The molecule has 1 N–H and O–H groups in total. The Labute approximate surface area is 169 Å². The largest absolute Gasteiger partial charge is 0.393 e. The fourth-order valence-electron chi connectivity index (χ4n) is 8.49. The molecule has 3 saturated carbocycles. The van der Waals surface area contributed by atoms with Crippen molar-refractivity contribution < 1.29 is 14.6 Å². The summed E-state index contributed by atoms with van der Waals surface area (Å²) in [5.41, 5.74) is 1.86. The molecule has 0 aromatic heterocycles. The molecule has 7 unspecified atom stereocenters. The van der Waals surface area contributed by atoms with Gasteiger partial charge in [0, 0.05) is 5.92 Å². The van der Waals surface area contributed by atoms with Crippen molar-refractivity contribution in [2.45, 2.75) is 77.6 Å². The molecule has 0 amide bonds. The first-order chi connectivity index (χ1) is 13.3. The summed E-state index contributed by atoms with van der Waals surface area (Å²) < 4.78 is 12.2. The van der Waals surface area contributed by atoms with Gasteiger partial charge in [-0.05, 0) is 80.5 Å². The minimum Gasteiger partial charge on any atom is -0.393 e. The van der Waals surface area contributed by atoms with Crippen molar-refractivity contribution in [2.75, 3.05) is 13.2 Å². The molecule has 0 aromatic rings. The summed E-state index contributed by atoms with van der Waals surface area (Å²) in [5, 5.41) is 20.2. The van der Waals surface area contributed by atoms with Gasteiger partial charge >= 0.3 is 0 Å². The van der Waals surface area contributed by atoms with Crippen LogP contribution in [0, 0.1) is 51.8 Å². The Balaban J connectivity index is 1.50. The summed E-state index contributed by atoms with van der Waals surface area (Å²) >= 11 is 0. The average molecular weight is 386 g/mol. The fraction of sp³-hybridized carbons (Fsp3) is 0.875. The van der Waals surface area contributed by atoms with Gasteiger partial charge in [0.1, 0.15) is 0 Å². The van der Waals surface area contributed by atoms with Crippen molar-refractivity contribution >= 4 is 0 Å². The highest BCUT2D eigenvalue weighted by Crippen LogP contribution is 2.69. The molecule has 0 spiro atoms. The molecule has 1 heterocycles. The molecular formula is C24H35NO3. The van der Waals surface area contributed by atoms with Crippen molar-refractivity contribution in [1.82, 2.24) is 0 Å². The quantitative estimate of drug-likeness (QED) is 0.678. The van der Waals surface area contributed by atoms with Crippen molar-refractivity contribution in [3.63, 3.8) is 0 Å². The average Bonchev–Trinajstić information content (AvgIpc) is 3.23. The van der Waals surface area contributed by atoms with Crippen molar-refractivity contribution in [1.29, 1.82) is 5.26 Å². The van der Waals surface area contributed by atoms with E-state index in [-0.39, 0.29) is 28.8 Å². The van der Waals surface area contributed by atoms with Crippen LogP contribution in [0.25, 0.3) is 0 Å². The van der Waals surface area contributed by atoms with Crippen molar-refractivity contribution in [2.24, 2.45) is 40.4 Å². The molecular weight excluding hydrogens is 350 g/mol. The van der Waals surface area contributed by atoms with Gasteiger partial charge in [0.05, 0.1) is 31.3 Å². The lowest BCUT2D eigenvalue weighted by Gasteiger charge is -2.58. The lowest BCUT2D eigenvalue weighted by Crippen LogP contribution is -2.53. The van der Waals surface area contributed by atoms with Gasteiger partial charge < -0.3 is 14.6 Å². The molecule has 1 aliphatic heterocycles. The summed E-state index contributed by atoms with van der Waals surface area (Å²) in [5.74, 6) is 1.47. The van der Waals surface area contributed by atoms with E-state index in [0.29, 0.717) is 31.0 Å². The Morgan fingerprint density at radius 1 is 1.11 bits per heavy atom. The fourth-order valence-corrected chi connectivity index (χ4v) is 8.49. The summed E-state index contributed by atoms with van der Waals surface area (Å²) in [4.78, 5) is 0. The second-order valence-corrected chi connectivity index (χ2v) is 10.9. The summed E-state index contributed by atoms with van der Waals surface area (Å²) in [6.45, 7) is 8.26. The van der Waals surface area contributed by atoms with Crippen LogP contribution in [0.5, 0.6) is 0 Å². The van der Waals surface area contributed by atoms with E-state index >= 15 is 0 Å². The van der Waals surface area contributed by atoms with E-state index < -0.39 is 5.79 Å². The predicted molar refractivity (Wildman–Crippen MR) is 106 cm³/mol. The van der Waals surface area contributed by atoms with E-state index in [4.69, 9.17) is 9.47 Å². The van der Waals surface area contributed by atoms with Gasteiger partial charge in [-0.15, -0.1) is 0 Å². The van der Waals surface area contributed by atoms with E-state index in [2.05, 4.69) is 32.9 Å². The molecule has 154 valence electrons. The number of aliphatic hydroxyl groups excluding tert-OH is 1. The van der Waals surface area contributed by atoms with E-state index in [9.17, 15) is 10.4 Å². The Bertz CT molecular complexity index is 720. The van der Waals surface area contributed by atoms with Crippen LogP contribution in [0.2, 0.25) is 0 Å². The van der Waals surface area contributed by atoms with E-state index in [1.54, 1.807) is 0 Å². The molecule has 0 bridgehead atoms. The zero-order chi connectivity index (χ0) is 19.7. The van der Waals surface area contributed by atoms with Gasteiger partial charge in [0.15, 0.2) is 5.79 Å². The second kappa shape index (κ2) is 6.30. The number of ether oxygens (including phenoxy) is 2. The molecule has 4 fully saturated rings. The van der Waals surface area contributed by atoms with Crippen LogP contribution in [-0.4, -0.2) is 30.2 Å². The van der Waals surface area contributed by atoms with Gasteiger partial charge in [0.2, 0.25) is 0 Å². The number of rotatable bonds is 1. The number of aliphatic hydroxyl groups is 1. The van der Waals surface area contributed by atoms with Gasteiger partial charge in [0.25, 0.3) is 0 Å². The molecule has 4 aliphatic carbocycles. The van der Waals surface area contributed by atoms with E-state index in [0.717, 1.165) is 38.5 Å². The Hall–Kier alpha value is -0.890. The minimum atomic E-state index is -0.606. The lowest BCUT2D eigenvalue weighted by molar-refractivity contribution is -0.219. The van der Waals surface area contributed by atoms with Crippen LogP contribution in [0.4, 0.5) is 0 Å². The smallest absolute Gasteiger partial charge is 0.170 e. The first-order valence-electron chi connectivity index (χ1n) is 11.4. The number of nitriles is 1. The predicted octanol–water partition coefficient (Wildman–Crippen LogP) is 4.44. The Morgan fingerprint density at radius 3 is 2.57 bits per heavy atom. The van der Waals surface area contributed by atoms with Gasteiger partial charge in [-0.3, -0.25) is 0 Å². The van der Waals surface area contributed by atoms with E-state index in [1.807, 2.05) is 0 Å². The molecule has 4 nitrogen and oxygen atoms in total. The standard InChI is InChI=1S/C24H35NO3/c1-22-8-6-17(26)13-16(22)4-5-18-19(22)7-9-23(2)20(18)12-15(14-25)21(23)24(3)27-10-11-28-24/h4,15,17-21,26H,5-13H2,1-3H3/t15-,17?,18?,19?,20?,21?,22?,23?/m0/s1. The van der Waals surface area contributed by atoms with Crippen LogP contribution >= 0.6 is 0 Å². The third-order valence-corrected chi connectivity index (χ3v) is 9.73. The number of fused-ring (bicyclic) bond motifs is 5. The lowest BCUT2D eigenvalue weighted by atomic mass is 9.47. The Kier molecular flexibility index (Phi) is 4.30. The monoisotopic (exact) mass is 385 g/mol. The van der Waals surface area contributed by atoms with Crippen molar-refractivity contribution in [3.8, 4) is 6.07 Å². The molecule has 4 heteroatoms.